The van der Waals surface area contributed by atoms with Crippen LogP contribution < -0.4 is 10.6 Å². The molecule has 0 saturated heterocycles. The minimum atomic E-state index is -0.176. The maximum atomic E-state index is 11.7. The predicted molar refractivity (Wildman–Crippen MR) is 70.9 cm³/mol. The topological polar surface area (TPSA) is 61.4 Å². The van der Waals surface area contributed by atoms with Crippen LogP contribution in [0.1, 0.15) is 47.0 Å². The van der Waals surface area contributed by atoms with Crippen LogP contribution in [0.5, 0.6) is 0 Å². The van der Waals surface area contributed by atoms with E-state index >= 15 is 0 Å². The molecule has 0 heterocycles. The van der Waals surface area contributed by atoms with E-state index in [9.17, 15) is 4.79 Å². The van der Waals surface area contributed by atoms with E-state index < -0.39 is 0 Å². The number of rotatable bonds is 9. The Balaban J connectivity index is 3.84. The molecular weight excluding hydrogens is 216 g/mol. The van der Waals surface area contributed by atoms with Crippen molar-refractivity contribution in [1.29, 1.82) is 0 Å². The van der Waals surface area contributed by atoms with E-state index in [1.807, 2.05) is 6.92 Å². The molecule has 0 rings (SSSR count). The van der Waals surface area contributed by atoms with Crippen LogP contribution in [-0.2, 0) is 4.79 Å². The summed E-state index contributed by atoms with van der Waals surface area (Å²) >= 11 is 0. The van der Waals surface area contributed by atoms with Crippen LogP contribution in [0.3, 0.4) is 0 Å². The molecule has 17 heavy (non-hydrogen) atoms. The molecule has 0 aromatic heterocycles. The van der Waals surface area contributed by atoms with Gasteiger partial charge in [-0.25, -0.2) is 0 Å². The summed E-state index contributed by atoms with van der Waals surface area (Å²) in [4.78, 5) is 11.7. The highest BCUT2D eigenvalue weighted by atomic mass is 16.3. The number of carbonyl (C=O) groups excluding carboxylic acids is 1. The highest BCUT2D eigenvalue weighted by Crippen LogP contribution is 2.18. The molecule has 0 bridgehead atoms. The van der Waals surface area contributed by atoms with Gasteiger partial charge in [0.05, 0.1) is 6.04 Å². The maximum absolute atomic E-state index is 11.7. The van der Waals surface area contributed by atoms with Gasteiger partial charge in [0, 0.05) is 19.7 Å². The quantitative estimate of drug-likeness (QED) is 0.536. The molecule has 0 spiro atoms. The Morgan fingerprint density at radius 1 is 1.41 bits per heavy atom. The second-order valence-corrected chi connectivity index (χ2v) is 5.38. The fraction of sp³-hybridized carbons (Fsp3) is 0.923. The average molecular weight is 244 g/mol. The fourth-order valence-corrected chi connectivity index (χ4v) is 1.45. The summed E-state index contributed by atoms with van der Waals surface area (Å²) in [6.45, 7) is 9.81. The molecule has 4 nitrogen and oxygen atoms in total. The van der Waals surface area contributed by atoms with Crippen LogP contribution >= 0.6 is 0 Å². The predicted octanol–water partition coefficient (Wildman–Crippen LogP) is 1.29. The number of nitrogens with one attached hydrogen (secondary N) is 2. The Morgan fingerprint density at radius 3 is 2.59 bits per heavy atom. The third-order valence-electron chi connectivity index (χ3n) is 2.90. The minimum Gasteiger partial charge on any atom is -0.396 e. The van der Waals surface area contributed by atoms with Crippen molar-refractivity contribution in [3.8, 4) is 0 Å². The van der Waals surface area contributed by atoms with Gasteiger partial charge in [-0.15, -0.1) is 0 Å². The first kappa shape index (κ1) is 16.4. The highest BCUT2D eigenvalue weighted by molar-refractivity contribution is 5.81. The van der Waals surface area contributed by atoms with Crippen molar-refractivity contribution in [2.45, 2.75) is 53.0 Å². The van der Waals surface area contributed by atoms with Crippen LogP contribution in [0.4, 0.5) is 0 Å². The van der Waals surface area contributed by atoms with Gasteiger partial charge in [-0.3, -0.25) is 4.79 Å². The summed E-state index contributed by atoms with van der Waals surface area (Å²) in [6, 6.07) is -0.176. The molecule has 0 aromatic carbocycles. The number of hydrogen-bond acceptors (Lipinski definition) is 3. The molecule has 1 amide bonds. The van der Waals surface area contributed by atoms with Crippen molar-refractivity contribution < 1.29 is 9.90 Å². The number of unbranched alkanes of at least 4 members (excludes halogenated alkanes) is 1. The first-order valence-corrected chi connectivity index (χ1v) is 6.55. The van der Waals surface area contributed by atoms with Gasteiger partial charge in [-0.05, 0) is 25.2 Å². The smallest absolute Gasteiger partial charge is 0.236 e. The molecule has 3 N–H and O–H groups in total. The SMILES string of the molecule is CCCCNC(=O)C(C)NCC(C)(C)CCO. The average Bonchev–Trinajstić information content (AvgIpc) is 2.26. The van der Waals surface area contributed by atoms with Gasteiger partial charge in [0.15, 0.2) is 0 Å². The Morgan fingerprint density at radius 2 is 2.06 bits per heavy atom. The Kier molecular flexibility index (Phi) is 8.17. The molecule has 1 atom stereocenters. The van der Waals surface area contributed by atoms with Crippen LogP contribution in [0, 0.1) is 5.41 Å². The first-order valence-electron chi connectivity index (χ1n) is 6.55. The van der Waals surface area contributed by atoms with E-state index in [1.54, 1.807) is 0 Å². The Bertz CT molecular complexity index is 217. The van der Waals surface area contributed by atoms with E-state index in [4.69, 9.17) is 5.11 Å². The summed E-state index contributed by atoms with van der Waals surface area (Å²) in [5.74, 6) is 0.0539. The molecule has 0 aliphatic rings. The first-order chi connectivity index (χ1) is 7.93. The zero-order valence-electron chi connectivity index (χ0n) is 11.7. The molecule has 0 aliphatic heterocycles. The van der Waals surface area contributed by atoms with E-state index in [0.29, 0.717) is 0 Å². The van der Waals surface area contributed by atoms with E-state index in [0.717, 1.165) is 32.4 Å². The summed E-state index contributed by atoms with van der Waals surface area (Å²) < 4.78 is 0. The Hall–Kier alpha value is -0.610. The fourth-order valence-electron chi connectivity index (χ4n) is 1.45. The lowest BCUT2D eigenvalue weighted by atomic mass is 9.89. The Labute approximate surface area is 105 Å². The molecule has 0 aliphatic carbocycles. The summed E-state index contributed by atoms with van der Waals surface area (Å²) in [5.41, 5.74) is 0.0205. The molecule has 0 aromatic rings. The number of aliphatic hydroxyl groups excluding tert-OH is 1. The van der Waals surface area contributed by atoms with Gasteiger partial charge >= 0.3 is 0 Å². The van der Waals surface area contributed by atoms with Crippen LogP contribution in [0.2, 0.25) is 0 Å². The van der Waals surface area contributed by atoms with Crippen molar-refractivity contribution >= 4 is 5.91 Å². The second-order valence-electron chi connectivity index (χ2n) is 5.38. The number of carbonyl (C=O) groups is 1. The second kappa shape index (κ2) is 8.48. The van der Waals surface area contributed by atoms with Gasteiger partial charge in [0.25, 0.3) is 0 Å². The van der Waals surface area contributed by atoms with E-state index in [-0.39, 0.29) is 24.0 Å². The molecule has 102 valence electrons. The van der Waals surface area contributed by atoms with Crippen molar-refractivity contribution in [3.05, 3.63) is 0 Å². The van der Waals surface area contributed by atoms with Gasteiger partial charge in [0.1, 0.15) is 0 Å². The van der Waals surface area contributed by atoms with Gasteiger partial charge in [-0.1, -0.05) is 27.2 Å². The lowest BCUT2D eigenvalue weighted by Gasteiger charge is -2.26. The maximum Gasteiger partial charge on any atom is 0.236 e. The molecule has 1 unspecified atom stereocenters. The zero-order valence-corrected chi connectivity index (χ0v) is 11.7. The van der Waals surface area contributed by atoms with Crippen molar-refractivity contribution in [1.82, 2.24) is 10.6 Å². The van der Waals surface area contributed by atoms with E-state index in [1.165, 1.54) is 0 Å². The molecule has 0 radical (unpaired) electrons. The van der Waals surface area contributed by atoms with Crippen LogP contribution in [-0.4, -0.2) is 36.8 Å². The number of hydrogen-bond donors (Lipinski definition) is 3. The van der Waals surface area contributed by atoms with Crippen LogP contribution in [0.15, 0.2) is 0 Å². The van der Waals surface area contributed by atoms with E-state index in [2.05, 4.69) is 31.4 Å². The molecule has 0 fully saturated rings. The van der Waals surface area contributed by atoms with Crippen molar-refractivity contribution in [3.63, 3.8) is 0 Å². The van der Waals surface area contributed by atoms with Gasteiger partial charge in [0.2, 0.25) is 5.91 Å². The lowest BCUT2D eigenvalue weighted by molar-refractivity contribution is -0.122. The largest absolute Gasteiger partial charge is 0.396 e. The zero-order chi connectivity index (χ0) is 13.3. The number of amides is 1. The minimum absolute atomic E-state index is 0.0205. The van der Waals surface area contributed by atoms with Crippen molar-refractivity contribution in [2.24, 2.45) is 5.41 Å². The van der Waals surface area contributed by atoms with Crippen LogP contribution in [0.25, 0.3) is 0 Å². The third kappa shape index (κ3) is 8.16. The molecular formula is C13H28N2O2. The highest BCUT2D eigenvalue weighted by Gasteiger charge is 2.20. The lowest BCUT2D eigenvalue weighted by Crippen LogP contribution is -2.45. The molecule has 4 heteroatoms. The molecule has 0 saturated carbocycles. The third-order valence-corrected chi connectivity index (χ3v) is 2.90. The van der Waals surface area contributed by atoms with Gasteiger partial charge < -0.3 is 15.7 Å². The normalized spacial score (nSPS) is 13.5. The standard InChI is InChI=1S/C13H28N2O2/c1-5-6-8-14-12(17)11(2)15-10-13(3,4)7-9-16/h11,15-16H,5-10H2,1-4H3,(H,14,17). The van der Waals surface area contributed by atoms with Crippen molar-refractivity contribution in [2.75, 3.05) is 19.7 Å². The summed E-state index contributed by atoms with van der Waals surface area (Å²) in [5, 5.41) is 15.0. The number of aliphatic hydroxyl groups is 1. The van der Waals surface area contributed by atoms with Gasteiger partial charge in [-0.2, -0.15) is 0 Å². The summed E-state index contributed by atoms with van der Waals surface area (Å²) in [7, 11) is 0. The summed E-state index contributed by atoms with van der Waals surface area (Å²) in [6.07, 6.45) is 2.85. The monoisotopic (exact) mass is 244 g/mol.